The van der Waals surface area contributed by atoms with Gasteiger partial charge in [-0.25, -0.2) is 18.1 Å². The van der Waals surface area contributed by atoms with Gasteiger partial charge < -0.3 is 5.11 Å². The molecular weight excluding hydrogens is 287 g/mol. The highest BCUT2D eigenvalue weighted by molar-refractivity contribution is 7.89. The minimum Gasteiger partial charge on any atom is -0.395 e. The maximum absolute atomic E-state index is 11.9. The van der Waals surface area contributed by atoms with Crippen LogP contribution in [0.15, 0.2) is 17.2 Å². The monoisotopic (exact) mass is 298 g/mol. The number of hydrogen-bond donors (Lipinski definition) is 2. The number of nitrogens with one attached hydrogen (secondary N) is 1. The number of aliphatic hydroxyl groups is 1. The van der Waals surface area contributed by atoms with Crippen molar-refractivity contribution in [2.75, 3.05) is 6.61 Å². The van der Waals surface area contributed by atoms with Crippen LogP contribution in [0.3, 0.4) is 0 Å². The van der Waals surface area contributed by atoms with Gasteiger partial charge in [0.1, 0.15) is 10.0 Å². The summed E-state index contributed by atoms with van der Waals surface area (Å²) in [5.41, 5.74) is 0. The molecule has 8 heteroatoms. The average Bonchev–Trinajstić information content (AvgIpc) is 2.29. The van der Waals surface area contributed by atoms with Gasteiger partial charge in [0.2, 0.25) is 10.0 Å². The molecule has 1 atom stereocenters. The molecule has 0 unspecified atom stereocenters. The molecule has 0 fully saturated rings. The highest BCUT2D eigenvalue weighted by Crippen LogP contribution is 2.22. The summed E-state index contributed by atoms with van der Waals surface area (Å²) in [6.45, 7) is 1.49. The predicted octanol–water partition coefficient (Wildman–Crippen LogP) is 1.44. The lowest BCUT2D eigenvalue weighted by Gasteiger charge is -2.14. The Balaban J connectivity index is 3.01. The molecule has 0 radical (unpaired) electrons. The zero-order valence-electron chi connectivity index (χ0n) is 9.02. The van der Waals surface area contributed by atoms with Gasteiger partial charge in [0, 0.05) is 12.2 Å². The fourth-order valence-electron chi connectivity index (χ4n) is 1.09. The van der Waals surface area contributed by atoms with Crippen LogP contribution in [0.1, 0.15) is 13.3 Å². The van der Waals surface area contributed by atoms with Crippen molar-refractivity contribution in [1.82, 2.24) is 9.71 Å². The van der Waals surface area contributed by atoms with Gasteiger partial charge in [0.15, 0.2) is 0 Å². The van der Waals surface area contributed by atoms with Crippen LogP contribution in [0.5, 0.6) is 0 Å². The molecule has 1 aromatic rings. The minimum absolute atomic E-state index is 0.0415. The second kappa shape index (κ2) is 5.97. The molecular formula is C9H12Cl2N2O3S. The Morgan fingerprint density at radius 1 is 1.53 bits per heavy atom. The number of aromatic nitrogens is 1. The summed E-state index contributed by atoms with van der Waals surface area (Å²) in [6, 6.07) is 0.679. The minimum atomic E-state index is -3.74. The first-order chi connectivity index (χ1) is 7.90. The van der Waals surface area contributed by atoms with Crippen molar-refractivity contribution in [3.63, 3.8) is 0 Å². The summed E-state index contributed by atoms with van der Waals surface area (Å²) in [5.74, 6) is 0. The number of sulfonamides is 1. The molecule has 0 aliphatic heterocycles. The Morgan fingerprint density at radius 2 is 2.18 bits per heavy atom. The van der Waals surface area contributed by atoms with E-state index in [4.69, 9.17) is 28.3 Å². The largest absolute Gasteiger partial charge is 0.395 e. The lowest BCUT2D eigenvalue weighted by atomic mass is 10.3. The SMILES string of the molecule is CC[C@@H](CO)NS(=O)(=O)c1cnc(Cl)c(Cl)c1. The first-order valence-corrected chi connectivity index (χ1v) is 7.08. The molecule has 0 aliphatic rings. The molecule has 0 bridgehead atoms. The van der Waals surface area contributed by atoms with Crippen LogP contribution in [0.25, 0.3) is 0 Å². The number of rotatable bonds is 5. The predicted molar refractivity (Wildman–Crippen MR) is 65.7 cm³/mol. The van der Waals surface area contributed by atoms with Gasteiger partial charge in [0.05, 0.1) is 11.6 Å². The van der Waals surface area contributed by atoms with Crippen molar-refractivity contribution in [2.24, 2.45) is 0 Å². The lowest BCUT2D eigenvalue weighted by Crippen LogP contribution is -2.36. The van der Waals surface area contributed by atoms with E-state index >= 15 is 0 Å². The van der Waals surface area contributed by atoms with Gasteiger partial charge in [-0.3, -0.25) is 0 Å². The quantitative estimate of drug-likeness (QED) is 0.806. The van der Waals surface area contributed by atoms with Crippen LogP contribution in [0.2, 0.25) is 10.2 Å². The second-order valence-corrected chi connectivity index (χ2v) is 5.83. The molecule has 1 rings (SSSR count). The number of pyridine rings is 1. The summed E-state index contributed by atoms with van der Waals surface area (Å²) in [5, 5.41) is 9.05. The van der Waals surface area contributed by atoms with E-state index in [-0.39, 0.29) is 21.7 Å². The molecule has 0 spiro atoms. The summed E-state index contributed by atoms with van der Waals surface area (Å²) in [7, 11) is -3.74. The smallest absolute Gasteiger partial charge is 0.242 e. The Morgan fingerprint density at radius 3 is 2.65 bits per heavy atom. The van der Waals surface area contributed by atoms with E-state index in [2.05, 4.69) is 9.71 Å². The Hall–Kier alpha value is -0.400. The molecule has 0 aromatic carbocycles. The highest BCUT2D eigenvalue weighted by Gasteiger charge is 2.19. The van der Waals surface area contributed by atoms with E-state index < -0.39 is 16.1 Å². The highest BCUT2D eigenvalue weighted by atomic mass is 35.5. The van der Waals surface area contributed by atoms with Crippen molar-refractivity contribution >= 4 is 33.2 Å². The van der Waals surface area contributed by atoms with Gasteiger partial charge in [-0.15, -0.1) is 0 Å². The molecule has 0 amide bonds. The van der Waals surface area contributed by atoms with Crippen molar-refractivity contribution in [1.29, 1.82) is 0 Å². The van der Waals surface area contributed by atoms with Crippen LogP contribution in [-0.4, -0.2) is 31.2 Å². The molecule has 0 aliphatic carbocycles. The molecule has 1 heterocycles. The van der Waals surface area contributed by atoms with Crippen molar-refractivity contribution in [3.8, 4) is 0 Å². The molecule has 2 N–H and O–H groups in total. The van der Waals surface area contributed by atoms with Gasteiger partial charge in [-0.2, -0.15) is 0 Å². The average molecular weight is 299 g/mol. The third-order valence-electron chi connectivity index (χ3n) is 2.12. The van der Waals surface area contributed by atoms with Gasteiger partial charge in [0.25, 0.3) is 0 Å². The van der Waals surface area contributed by atoms with E-state index in [9.17, 15) is 8.42 Å². The first-order valence-electron chi connectivity index (χ1n) is 4.85. The van der Waals surface area contributed by atoms with Crippen LogP contribution in [0, 0.1) is 0 Å². The van der Waals surface area contributed by atoms with E-state index in [1.54, 1.807) is 6.92 Å². The summed E-state index contributed by atoms with van der Waals surface area (Å²) in [4.78, 5) is 3.57. The van der Waals surface area contributed by atoms with Crippen molar-refractivity contribution in [2.45, 2.75) is 24.3 Å². The first kappa shape index (κ1) is 14.7. The molecule has 0 saturated heterocycles. The zero-order valence-corrected chi connectivity index (χ0v) is 11.3. The van der Waals surface area contributed by atoms with Crippen molar-refractivity contribution in [3.05, 3.63) is 22.4 Å². The third kappa shape index (κ3) is 3.79. The molecule has 96 valence electrons. The fraction of sp³-hybridized carbons (Fsp3) is 0.444. The third-order valence-corrected chi connectivity index (χ3v) is 4.29. The Labute approximate surface area is 110 Å². The van der Waals surface area contributed by atoms with E-state index in [1.165, 1.54) is 6.07 Å². The van der Waals surface area contributed by atoms with Gasteiger partial charge in [-0.1, -0.05) is 30.1 Å². The molecule has 0 saturated carbocycles. The van der Waals surface area contributed by atoms with E-state index in [0.29, 0.717) is 6.42 Å². The second-order valence-electron chi connectivity index (χ2n) is 3.35. The Kier molecular flexibility index (Phi) is 5.15. The van der Waals surface area contributed by atoms with Crippen LogP contribution in [0.4, 0.5) is 0 Å². The molecule has 1 aromatic heterocycles. The summed E-state index contributed by atoms with van der Waals surface area (Å²) >= 11 is 11.3. The lowest BCUT2D eigenvalue weighted by molar-refractivity contribution is 0.254. The number of nitrogens with zero attached hydrogens (tertiary/aromatic N) is 1. The topological polar surface area (TPSA) is 79.3 Å². The maximum atomic E-state index is 11.9. The fourth-order valence-corrected chi connectivity index (χ4v) is 2.70. The zero-order chi connectivity index (χ0) is 13.1. The van der Waals surface area contributed by atoms with E-state index in [0.717, 1.165) is 6.20 Å². The van der Waals surface area contributed by atoms with Gasteiger partial charge in [-0.05, 0) is 12.5 Å². The Bertz CT molecular complexity index is 489. The standard InChI is InChI=1S/C9H12Cl2N2O3S/c1-2-6(5-14)13-17(15,16)7-3-8(10)9(11)12-4-7/h3-4,6,13-14H,2,5H2,1H3/t6-/m0/s1. The molecule has 17 heavy (non-hydrogen) atoms. The maximum Gasteiger partial charge on any atom is 0.242 e. The normalized spacial score (nSPS) is 13.6. The number of hydrogen-bond acceptors (Lipinski definition) is 4. The summed E-state index contributed by atoms with van der Waals surface area (Å²) in [6.07, 6.45) is 1.59. The van der Waals surface area contributed by atoms with Crippen molar-refractivity contribution < 1.29 is 13.5 Å². The number of halogens is 2. The van der Waals surface area contributed by atoms with Gasteiger partial charge >= 0.3 is 0 Å². The molecule has 5 nitrogen and oxygen atoms in total. The van der Waals surface area contributed by atoms with Crippen LogP contribution >= 0.6 is 23.2 Å². The van der Waals surface area contributed by atoms with Crippen LogP contribution in [-0.2, 0) is 10.0 Å². The van der Waals surface area contributed by atoms with Crippen LogP contribution < -0.4 is 4.72 Å². The summed E-state index contributed by atoms with van der Waals surface area (Å²) < 4.78 is 26.1. The number of aliphatic hydroxyl groups excluding tert-OH is 1. The van der Waals surface area contributed by atoms with E-state index in [1.807, 2.05) is 0 Å².